The number of anilines is 1. The number of alkyl halides is 3. The molecule has 1 aromatic heterocycles. The van der Waals surface area contributed by atoms with Gasteiger partial charge in [0.25, 0.3) is 5.56 Å². The van der Waals surface area contributed by atoms with Gasteiger partial charge in [0, 0.05) is 18.8 Å². The summed E-state index contributed by atoms with van der Waals surface area (Å²) in [4.78, 5) is 30.0. The second kappa shape index (κ2) is 10.0. The molecular weight excluding hydrogens is 447 g/mol. The van der Waals surface area contributed by atoms with E-state index in [4.69, 9.17) is 5.11 Å². The summed E-state index contributed by atoms with van der Waals surface area (Å²) in [5, 5.41) is 11.9. The van der Waals surface area contributed by atoms with Gasteiger partial charge in [-0.05, 0) is 49.7 Å². The van der Waals surface area contributed by atoms with E-state index in [-0.39, 0.29) is 18.7 Å². The van der Waals surface area contributed by atoms with Crippen LogP contribution in [0.2, 0.25) is 0 Å². The Morgan fingerprint density at radius 1 is 1.22 bits per heavy atom. The molecule has 0 radical (unpaired) electrons. The average molecular weight is 467 g/mol. The van der Waals surface area contributed by atoms with Gasteiger partial charge in [0.1, 0.15) is 5.75 Å². The molecule has 0 spiro atoms. The third kappa shape index (κ3) is 6.01. The number of hydrogen-bond acceptors (Lipinski definition) is 6. The molecule has 1 atom stereocenters. The predicted molar refractivity (Wildman–Crippen MR) is 115 cm³/mol. The van der Waals surface area contributed by atoms with E-state index >= 15 is 0 Å². The third-order valence-electron chi connectivity index (χ3n) is 4.37. The van der Waals surface area contributed by atoms with Crippen LogP contribution in [0, 0.1) is 0 Å². The van der Waals surface area contributed by atoms with Crippen LogP contribution in [-0.2, 0) is 11.3 Å². The van der Waals surface area contributed by atoms with Gasteiger partial charge in [-0.25, -0.2) is 4.98 Å². The maximum atomic E-state index is 12.9. The maximum Gasteiger partial charge on any atom is 0.573 e. The number of nitrogens with zero attached hydrogens (tertiary/aromatic N) is 2. The topological polar surface area (TPSA) is 93.5 Å². The summed E-state index contributed by atoms with van der Waals surface area (Å²) < 4.78 is 42.0. The number of benzene rings is 2. The lowest BCUT2D eigenvalue weighted by Gasteiger charge is -2.16. The van der Waals surface area contributed by atoms with Crippen molar-refractivity contribution in [3.05, 3.63) is 58.9 Å². The highest BCUT2D eigenvalue weighted by molar-refractivity contribution is 8.00. The number of carbonyl (C=O) groups is 1. The number of para-hydroxylation sites is 1. The second-order valence-corrected chi connectivity index (χ2v) is 8.07. The van der Waals surface area contributed by atoms with E-state index in [0.29, 0.717) is 28.2 Å². The number of thioether (sulfide) groups is 1. The van der Waals surface area contributed by atoms with Gasteiger partial charge in [-0.1, -0.05) is 23.9 Å². The van der Waals surface area contributed by atoms with Gasteiger partial charge in [-0.15, -0.1) is 13.2 Å². The normalized spacial score (nSPS) is 12.5. The number of aliphatic hydroxyl groups is 1. The third-order valence-corrected chi connectivity index (χ3v) is 5.46. The van der Waals surface area contributed by atoms with Gasteiger partial charge in [-0.2, -0.15) is 0 Å². The number of fused-ring (bicyclic) bond motifs is 1. The molecular formula is C21H20F3N3O4S. The zero-order valence-corrected chi connectivity index (χ0v) is 17.7. The summed E-state index contributed by atoms with van der Waals surface area (Å²) in [6.07, 6.45) is -4.45. The van der Waals surface area contributed by atoms with Crippen LogP contribution >= 0.6 is 11.8 Å². The first-order valence-corrected chi connectivity index (χ1v) is 10.5. The molecule has 1 heterocycles. The molecule has 0 saturated heterocycles. The smallest absolute Gasteiger partial charge is 0.406 e. The number of amides is 1. The number of nitrogens with one attached hydrogen (secondary N) is 1. The number of halogens is 3. The van der Waals surface area contributed by atoms with Crippen LogP contribution in [0.25, 0.3) is 10.9 Å². The van der Waals surface area contributed by atoms with Gasteiger partial charge in [0.2, 0.25) is 5.91 Å². The summed E-state index contributed by atoms with van der Waals surface area (Å²) >= 11 is 1.07. The lowest BCUT2D eigenvalue weighted by molar-refractivity contribution is -0.274. The molecule has 2 aromatic carbocycles. The van der Waals surface area contributed by atoms with Crippen LogP contribution in [0.3, 0.4) is 0 Å². The molecule has 0 unspecified atom stereocenters. The number of carbonyl (C=O) groups excluding carboxylic acids is 1. The zero-order chi connectivity index (χ0) is 23.3. The average Bonchev–Trinajstić information content (AvgIpc) is 2.74. The minimum Gasteiger partial charge on any atom is -0.406 e. The SMILES string of the molecule is C[C@@H](Sc1nc2ccccc2c(=O)n1CCCO)C(=O)Nc1ccc(OC(F)(F)F)cc1. The molecule has 0 bridgehead atoms. The number of rotatable bonds is 8. The molecule has 7 nitrogen and oxygen atoms in total. The Labute approximate surface area is 185 Å². The fourth-order valence-corrected chi connectivity index (χ4v) is 3.79. The fourth-order valence-electron chi connectivity index (χ4n) is 2.86. The highest BCUT2D eigenvalue weighted by Crippen LogP contribution is 2.26. The lowest BCUT2D eigenvalue weighted by atomic mass is 10.2. The van der Waals surface area contributed by atoms with Crippen LogP contribution in [-0.4, -0.2) is 38.8 Å². The van der Waals surface area contributed by atoms with Crippen LogP contribution in [0.15, 0.2) is 58.5 Å². The molecule has 0 saturated carbocycles. The summed E-state index contributed by atoms with van der Waals surface area (Å²) in [6, 6.07) is 11.6. The lowest BCUT2D eigenvalue weighted by Crippen LogP contribution is -2.27. The monoisotopic (exact) mass is 467 g/mol. The van der Waals surface area contributed by atoms with E-state index in [2.05, 4.69) is 15.0 Å². The summed E-state index contributed by atoms with van der Waals surface area (Å²) in [6.45, 7) is 1.76. The van der Waals surface area contributed by atoms with Crippen LogP contribution in [0.1, 0.15) is 13.3 Å². The standard InChI is InChI=1S/C21H20F3N3O4S/c1-13(18(29)25-14-7-9-15(10-8-14)31-21(22,23)24)32-20-26-17-6-3-2-5-16(17)19(30)27(20)11-4-12-28/h2-3,5-10,13,28H,4,11-12H2,1H3,(H,25,29)/t13-/m1/s1. The van der Waals surface area contributed by atoms with Crippen molar-refractivity contribution >= 4 is 34.3 Å². The summed E-state index contributed by atoms with van der Waals surface area (Å²) in [5.74, 6) is -0.818. The van der Waals surface area contributed by atoms with Crippen molar-refractivity contribution in [1.82, 2.24) is 9.55 Å². The van der Waals surface area contributed by atoms with Crippen molar-refractivity contribution < 1.29 is 27.8 Å². The summed E-state index contributed by atoms with van der Waals surface area (Å²) in [5.41, 5.74) is 0.522. The summed E-state index contributed by atoms with van der Waals surface area (Å²) in [7, 11) is 0. The van der Waals surface area contributed by atoms with Gasteiger partial charge in [0.05, 0.1) is 16.2 Å². The molecule has 0 aliphatic heterocycles. The first kappa shape index (κ1) is 23.6. The first-order valence-electron chi connectivity index (χ1n) is 9.61. The molecule has 0 fully saturated rings. The largest absolute Gasteiger partial charge is 0.573 e. The van der Waals surface area contributed by atoms with Crippen LogP contribution < -0.4 is 15.6 Å². The van der Waals surface area contributed by atoms with Crippen molar-refractivity contribution in [1.29, 1.82) is 0 Å². The van der Waals surface area contributed by atoms with Crippen molar-refractivity contribution in [3.63, 3.8) is 0 Å². The molecule has 3 rings (SSSR count). The highest BCUT2D eigenvalue weighted by Gasteiger charge is 2.31. The Kier molecular flexibility index (Phi) is 7.41. The quantitative estimate of drug-likeness (QED) is 0.387. The Balaban J connectivity index is 1.76. The van der Waals surface area contributed by atoms with E-state index < -0.39 is 23.3 Å². The Hall–Kier alpha value is -3.05. The van der Waals surface area contributed by atoms with Gasteiger partial charge >= 0.3 is 6.36 Å². The molecule has 32 heavy (non-hydrogen) atoms. The van der Waals surface area contributed by atoms with Gasteiger partial charge < -0.3 is 15.2 Å². The molecule has 3 aromatic rings. The van der Waals surface area contributed by atoms with Crippen molar-refractivity contribution in [3.8, 4) is 5.75 Å². The molecule has 11 heteroatoms. The second-order valence-electron chi connectivity index (χ2n) is 6.77. The Bertz CT molecular complexity index is 1150. The van der Waals surface area contributed by atoms with E-state index in [1.54, 1.807) is 31.2 Å². The molecule has 1 amide bonds. The molecule has 0 aliphatic carbocycles. The predicted octanol–water partition coefficient (Wildman–Crippen LogP) is 3.80. The minimum absolute atomic E-state index is 0.104. The van der Waals surface area contributed by atoms with Gasteiger partial charge in [-0.3, -0.25) is 14.2 Å². The molecule has 2 N–H and O–H groups in total. The first-order chi connectivity index (χ1) is 15.2. The molecule has 170 valence electrons. The van der Waals surface area contributed by atoms with Crippen molar-refractivity contribution in [2.24, 2.45) is 0 Å². The minimum atomic E-state index is -4.80. The van der Waals surface area contributed by atoms with E-state index in [0.717, 1.165) is 23.9 Å². The fraction of sp³-hybridized carbons (Fsp3) is 0.286. The number of aromatic nitrogens is 2. The number of aliphatic hydroxyl groups excluding tert-OH is 1. The number of hydrogen-bond donors (Lipinski definition) is 2. The van der Waals surface area contributed by atoms with E-state index in [1.807, 2.05) is 0 Å². The number of ether oxygens (including phenoxy) is 1. The van der Waals surface area contributed by atoms with Gasteiger partial charge in [0.15, 0.2) is 5.16 Å². The van der Waals surface area contributed by atoms with Crippen LogP contribution in [0.5, 0.6) is 5.75 Å². The van der Waals surface area contributed by atoms with E-state index in [9.17, 15) is 22.8 Å². The Morgan fingerprint density at radius 2 is 1.91 bits per heavy atom. The maximum absolute atomic E-state index is 12.9. The van der Waals surface area contributed by atoms with E-state index in [1.165, 1.54) is 16.7 Å². The Morgan fingerprint density at radius 3 is 2.56 bits per heavy atom. The highest BCUT2D eigenvalue weighted by atomic mass is 32.2. The van der Waals surface area contributed by atoms with Crippen LogP contribution in [0.4, 0.5) is 18.9 Å². The van der Waals surface area contributed by atoms with Crippen molar-refractivity contribution in [2.75, 3.05) is 11.9 Å². The van der Waals surface area contributed by atoms with Crippen molar-refractivity contribution in [2.45, 2.75) is 36.7 Å². The zero-order valence-electron chi connectivity index (χ0n) is 16.9. The molecule has 0 aliphatic rings.